The summed E-state index contributed by atoms with van der Waals surface area (Å²) < 4.78 is 5.46. The lowest BCUT2D eigenvalue weighted by Crippen LogP contribution is -2.45. The minimum atomic E-state index is -0.153. The number of rotatable bonds is 16. The molecule has 10 nitrogen and oxygen atoms in total. The van der Waals surface area contributed by atoms with Gasteiger partial charge in [-0.15, -0.1) is 0 Å². The summed E-state index contributed by atoms with van der Waals surface area (Å²) in [6.45, 7) is 31.2. The van der Waals surface area contributed by atoms with Crippen LogP contribution in [0.1, 0.15) is 203 Å². The largest absolute Gasteiger partial charge is 0.501 e. The van der Waals surface area contributed by atoms with E-state index in [-0.39, 0.29) is 17.6 Å². The summed E-state index contributed by atoms with van der Waals surface area (Å²) in [5, 5.41) is 6.33. The van der Waals surface area contributed by atoms with Gasteiger partial charge in [-0.2, -0.15) is 0 Å². The number of methoxy groups -OCH3 is 1. The van der Waals surface area contributed by atoms with Crippen LogP contribution in [0.3, 0.4) is 0 Å². The quantitative estimate of drug-likeness (QED) is 0.0825. The highest BCUT2D eigenvalue weighted by Crippen LogP contribution is 2.36. The molecule has 10 heteroatoms. The van der Waals surface area contributed by atoms with Gasteiger partial charge in [0.2, 0.25) is 5.91 Å². The number of unbranched alkanes of at least 4 members (excludes halogenated alkanes) is 2. The fraction of sp³-hybridized carbons (Fsp3) is 0.593. The zero-order valence-corrected chi connectivity index (χ0v) is 45.6. The Hall–Kier alpha value is -4.96. The summed E-state index contributed by atoms with van der Waals surface area (Å²) in [5.41, 5.74) is 10.9. The van der Waals surface area contributed by atoms with Crippen LogP contribution >= 0.6 is 0 Å². The number of fused-ring (bicyclic) bond motifs is 1. The normalized spacial score (nSPS) is 17.4. The Bertz CT molecular complexity index is 2100. The minimum absolute atomic E-state index is 0.0322. The number of carbonyl (C=O) groups excluding carboxylic acids is 2. The molecule has 0 bridgehead atoms. The van der Waals surface area contributed by atoms with Crippen LogP contribution in [-0.2, 0) is 9.53 Å². The van der Waals surface area contributed by atoms with E-state index in [0.717, 1.165) is 102 Å². The summed E-state index contributed by atoms with van der Waals surface area (Å²) in [6.07, 6.45) is 20.5. The second-order valence-corrected chi connectivity index (χ2v) is 18.5. The molecule has 2 saturated heterocycles. The van der Waals surface area contributed by atoms with Gasteiger partial charge in [0.05, 0.1) is 47.2 Å². The van der Waals surface area contributed by atoms with Crippen LogP contribution in [0, 0.1) is 20.8 Å². The molecule has 1 amide bonds. The Labute approximate surface area is 419 Å². The fourth-order valence-corrected chi connectivity index (χ4v) is 9.58. The Morgan fingerprint density at radius 1 is 0.855 bits per heavy atom. The number of nitrogens with zero attached hydrogens (tertiary/aromatic N) is 5. The maximum absolute atomic E-state index is 12.8. The van der Waals surface area contributed by atoms with Crippen molar-refractivity contribution in [3.63, 3.8) is 0 Å². The molecule has 69 heavy (non-hydrogen) atoms. The van der Waals surface area contributed by atoms with E-state index in [1.54, 1.807) is 7.11 Å². The van der Waals surface area contributed by atoms with E-state index in [9.17, 15) is 9.59 Å². The van der Waals surface area contributed by atoms with E-state index in [0.29, 0.717) is 12.5 Å². The molecule has 1 atom stereocenters. The first kappa shape index (κ1) is 58.4. The second kappa shape index (κ2) is 31.3. The van der Waals surface area contributed by atoms with E-state index in [1.165, 1.54) is 94.2 Å². The monoisotopic (exact) mass is 948 g/mol. The van der Waals surface area contributed by atoms with Crippen LogP contribution in [0.2, 0.25) is 0 Å². The average Bonchev–Trinajstić information content (AvgIpc) is 4.05. The molecule has 382 valence electrons. The van der Waals surface area contributed by atoms with Crippen LogP contribution in [0.4, 0.5) is 17.1 Å². The number of aromatic nitrogens is 2. The van der Waals surface area contributed by atoms with Crippen molar-refractivity contribution in [1.29, 1.82) is 0 Å². The molecular formula is C59H93N7O3. The second-order valence-electron chi connectivity index (χ2n) is 18.5. The average molecular weight is 948 g/mol. The van der Waals surface area contributed by atoms with Crippen LogP contribution < -0.4 is 20.4 Å². The third-order valence-electron chi connectivity index (χ3n) is 13.4. The van der Waals surface area contributed by atoms with E-state index in [1.807, 2.05) is 53.7 Å². The lowest BCUT2D eigenvalue weighted by Gasteiger charge is -2.40. The van der Waals surface area contributed by atoms with Gasteiger partial charge in [-0.05, 0) is 140 Å². The smallest absolute Gasteiger partial charge is 0.233 e. The highest BCUT2D eigenvalue weighted by atomic mass is 16.5. The maximum atomic E-state index is 12.8. The van der Waals surface area contributed by atoms with E-state index < -0.39 is 0 Å². The number of hydrogen-bond donors (Lipinski definition) is 2. The molecule has 0 spiro atoms. The van der Waals surface area contributed by atoms with Gasteiger partial charge in [0.25, 0.3) is 0 Å². The van der Waals surface area contributed by atoms with Crippen LogP contribution in [0.25, 0.3) is 5.57 Å². The number of ether oxygens (including phenoxy) is 1. The molecule has 4 aliphatic rings. The number of Topliss-reactive ketones (excluding diaryl/α,β-unsaturated/α-hetero) is 1. The molecule has 1 saturated carbocycles. The topological polar surface area (TPSA) is 103 Å². The first-order valence-electron chi connectivity index (χ1n) is 26.9. The molecule has 1 aliphatic carbocycles. The molecule has 2 N–H and O–H groups in total. The summed E-state index contributed by atoms with van der Waals surface area (Å²) in [4.78, 5) is 41.9. The minimum Gasteiger partial charge on any atom is -0.501 e. The lowest BCUT2D eigenvalue weighted by atomic mass is 9.93. The van der Waals surface area contributed by atoms with Gasteiger partial charge < -0.3 is 30.1 Å². The van der Waals surface area contributed by atoms with Crippen molar-refractivity contribution in [2.75, 3.05) is 55.5 Å². The number of anilines is 3. The van der Waals surface area contributed by atoms with E-state index in [2.05, 4.69) is 115 Å². The number of piperidine rings is 2. The number of benzene rings is 1. The van der Waals surface area contributed by atoms with E-state index in [4.69, 9.17) is 9.72 Å². The van der Waals surface area contributed by atoms with Gasteiger partial charge in [-0.1, -0.05) is 99.6 Å². The maximum Gasteiger partial charge on any atom is 0.233 e. The highest BCUT2D eigenvalue weighted by Gasteiger charge is 2.29. The number of carbonyl (C=O) groups is 2. The third-order valence-corrected chi connectivity index (χ3v) is 13.4. The third kappa shape index (κ3) is 17.7. The molecule has 3 aliphatic heterocycles. The summed E-state index contributed by atoms with van der Waals surface area (Å²) in [6, 6.07) is 15.1. The predicted octanol–water partition coefficient (Wildman–Crippen LogP) is 14.6. The standard InChI is InChI=1S/C26H33N3O2.C24H38N4O.C5H10.2C2H6/c1-7-25(31-6)19(4)22-16-20(15-18(3)27-22)24(30)10-8-9-11-26-28-21-13-12-17(2)14-23(21)29(26)5;1-5-7-15-27(14-6-2)20-12-16-28(17-13-20)23-11-10-22(26-19(23)4)21-9-8-18(3)25-24(21)29;1-2-4-5-3-1;2*1-2/h11-16,28H,7-10H2,1-6H3;10-11,20-21H,3,5-9,12-17H2,1-2,4H3,(H,25,29);1-5H2;2*1-2H3/b25-19-,26-11-;;;;. The first-order chi connectivity index (χ1) is 33.4. The molecular weight excluding hydrogens is 855 g/mol. The lowest BCUT2D eigenvalue weighted by molar-refractivity contribution is -0.123. The van der Waals surface area contributed by atoms with Crippen LogP contribution in [-0.4, -0.2) is 72.9 Å². The molecule has 3 aromatic rings. The van der Waals surface area contributed by atoms with Gasteiger partial charge in [0.15, 0.2) is 5.78 Å². The SMILES string of the molecule is C1CCCC1.C=C1CCC(c2ccc(N3CCC(N(CCC)CCCC)CC3)c(C)n2)C(=O)N1.CC.CC.CC/C(OC)=C(\C)c1cc(C(=O)CCC/C=C2/Nc3ccc(C)cc3N2C)cc(C)n1. The summed E-state index contributed by atoms with van der Waals surface area (Å²) >= 11 is 0. The zero-order chi connectivity index (χ0) is 50.9. The van der Waals surface area contributed by atoms with Gasteiger partial charge in [0.1, 0.15) is 11.6 Å². The molecule has 0 radical (unpaired) electrons. The van der Waals surface area contributed by atoms with Crippen molar-refractivity contribution in [1.82, 2.24) is 20.2 Å². The van der Waals surface area contributed by atoms with E-state index >= 15 is 0 Å². The molecule has 1 unspecified atom stereocenters. The molecule has 3 fully saturated rings. The van der Waals surface area contributed by atoms with Gasteiger partial charge in [-0.3, -0.25) is 19.6 Å². The molecule has 5 heterocycles. The summed E-state index contributed by atoms with van der Waals surface area (Å²) in [7, 11) is 3.74. The van der Waals surface area contributed by atoms with Crippen molar-refractivity contribution in [2.45, 2.75) is 191 Å². The number of hydrogen-bond acceptors (Lipinski definition) is 9. The van der Waals surface area contributed by atoms with Gasteiger partial charge in [0, 0.05) is 61.5 Å². The number of aryl methyl sites for hydroxylation is 3. The van der Waals surface area contributed by atoms with Crippen molar-refractivity contribution in [3.8, 4) is 0 Å². The highest BCUT2D eigenvalue weighted by molar-refractivity contribution is 5.96. The van der Waals surface area contributed by atoms with Crippen LogP contribution in [0.5, 0.6) is 0 Å². The first-order valence-corrected chi connectivity index (χ1v) is 26.9. The Balaban J connectivity index is 0.000000311. The van der Waals surface area contributed by atoms with Crippen molar-refractivity contribution >= 4 is 34.3 Å². The molecule has 1 aromatic carbocycles. The van der Waals surface area contributed by atoms with Gasteiger partial charge in [-0.25, -0.2) is 0 Å². The number of allylic oxidation sites excluding steroid dienone is 4. The number of nitrogens with one attached hydrogen (secondary N) is 2. The van der Waals surface area contributed by atoms with Crippen molar-refractivity contribution in [3.05, 3.63) is 106 Å². The zero-order valence-electron chi connectivity index (χ0n) is 45.6. The number of ketones is 1. The van der Waals surface area contributed by atoms with Crippen molar-refractivity contribution < 1.29 is 14.3 Å². The van der Waals surface area contributed by atoms with Crippen molar-refractivity contribution in [2.24, 2.45) is 0 Å². The molecule has 2 aromatic heterocycles. The Morgan fingerprint density at radius 2 is 1.54 bits per heavy atom. The number of pyridine rings is 2. The number of amides is 1. The van der Waals surface area contributed by atoms with Crippen LogP contribution in [0.15, 0.2) is 72.4 Å². The fourth-order valence-electron chi connectivity index (χ4n) is 9.58. The molecule has 7 rings (SSSR count). The Kier molecular flexibility index (Phi) is 26.5. The Morgan fingerprint density at radius 3 is 2.13 bits per heavy atom. The van der Waals surface area contributed by atoms with Gasteiger partial charge >= 0.3 is 0 Å². The predicted molar refractivity (Wildman–Crippen MR) is 294 cm³/mol. The summed E-state index contributed by atoms with van der Waals surface area (Å²) in [5.74, 6) is 2.00.